The van der Waals surface area contributed by atoms with E-state index >= 15 is 0 Å². The molecule has 1 unspecified atom stereocenters. The highest BCUT2D eigenvalue weighted by atomic mass is 32.2. The Labute approximate surface area is 87.3 Å². The average molecular weight is 214 g/mol. The number of hydrogen-bond donors (Lipinski definition) is 1. The van der Waals surface area contributed by atoms with Crippen LogP contribution in [-0.2, 0) is 17.6 Å². The lowest BCUT2D eigenvalue weighted by atomic mass is 10.3. The molecule has 1 aromatic rings. The number of aryl methyl sites for hydroxylation is 1. The molecule has 0 fully saturated rings. The number of rotatable bonds is 5. The molecular formula is C9H14N2O2S. The molecule has 0 aliphatic carbocycles. The van der Waals surface area contributed by atoms with Gasteiger partial charge in [0.05, 0.1) is 6.33 Å². The lowest BCUT2D eigenvalue weighted by Gasteiger charge is -2.08. The van der Waals surface area contributed by atoms with Gasteiger partial charge in [0, 0.05) is 24.7 Å². The van der Waals surface area contributed by atoms with E-state index in [1.807, 2.05) is 18.5 Å². The van der Waals surface area contributed by atoms with Crippen molar-refractivity contribution in [3.63, 3.8) is 0 Å². The molecule has 0 bridgehead atoms. The van der Waals surface area contributed by atoms with Gasteiger partial charge in [-0.3, -0.25) is 4.79 Å². The van der Waals surface area contributed by atoms with Gasteiger partial charge < -0.3 is 9.67 Å². The van der Waals surface area contributed by atoms with Crippen LogP contribution in [0.5, 0.6) is 0 Å². The maximum Gasteiger partial charge on any atom is 0.316 e. The Bertz CT molecular complexity index is 312. The number of aromatic nitrogens is 2. The number of aliphatic carboxylic acids is 1. The summed E-state index contributed by atoms with van der Waals surface area (Å²) in [5.41, 5.74) is 1.05. The number of thioether (sulfide) groups is 1. The average Bonchev–Trinajstić information content (AvgIpc) is 2.52. The Morgan fingerprint density at radius 1 is 1.79 bits per heavy atom. The van der Waals surface area contributed by atoms with E-state index in [4.69, 9.17) is 5.11 Å². The fourth-order valence-electron chi connectivity index (χ4n) is 1.07. The summed E-state index contributed by atoms with van der Waals surface area (Å²) in [4.78, 5) is 14.7. The molecule has 1 heterocycles. The van der Waals surface area contributed by atoms with E-state index in [2.05, 4.69) is 4.98 Å². The third-order valence-corrected chi connectivity index (χ3v) is 3.39. The summed E-state index contributed by atoms with van der Waals surface area (Å²) in [6.07, 6.45) is 4.14. The molecule has 0 aromatic carbocycles. The van der Waals surface area contributed by atoms with Crippen LogP contribution in [0.2, 0.25) is 0 Å². The Morgan fingerprint density at radius 3 is 2.93 bits per heavy atom. The molecule has 1 N–H and O–H groups in total. The largest absolute Gasteiger partial charge is 0.480 e. The van der Waals surface area contributed by atoms with Crippen LogP contribution in [0.25, 0.3) is 0 Å². The van der Waals surface area contributed by atoms with Gasteiger partial charge in [-0.05, 0) is 6.42 Å². The first kappa shape index (κ1) is 11.1. The smallest absolute Gasteiger partial charge is 0.316 e. The second-order valence-electron chi connectivity index (χ2n) is 3.04. The highest BCUT2D eigenvalue weighted by Crippen LogP contribution is 2.19. The predicted octanol–water partition coefficient (Wildman–Crippen LogP) is 1.52. The number of carbonyl (C=O) groups is 1. The first-order valence-electron chi connectivity index (χ1n) is 4.44. The molecule has 5 heteroatoms. The number of hydrogen-bond acceptors (Lipinski definition) is 3. The van der Waals surface area contributed by atoms with Crippen LogP contribution in [0.3, 0.4) is 0 Å². The van der Waals surface area contributed by atoms with E-state index in [1.54, 1.807) is 12.5 Å². The minimum Gasteiger partial charge on any atom is -0.480 e. The van der Waals surface area contributed by atoms with E-state index in [9.17, 15) is 4.79 Å². The maximum absolute atomic E-state index is 10.7. The Morgan fingerprint density at radius 2 is 2.50 bits per heavy atom. The number of carboxylic acid groups (broad SMARTS) is 1. The Hall–Kier alpha value is -0.970. The van der Waals surface area contributed by atoms with Gasteiger partial charge in [-0.15, -0.1) is 11.8 Å². The zero-order valence-corrected chi connectivity index (χ0v) is 9.12. The lowest BCUT2D eigenvalue weighted by Crippen LogP contribution is -2.15. The molecule has 0 saturated carbocycles. The molecule has 4 nitrogen and oxygen atoms in total. The monoisotopic (exact) mass is 214 g/mol. The highest BCUT2D eigenvalue weighted by molar-refractivity contribution is 7.99. The zero-order chi connectivity index (χ0) is 10.6. The van der Waals surface area contributed by atoms with E-state index in [-0.39, 0.29) is 5.25 Å². The third kappa shape index (κ3) is 2.77. The molecule has 0 spiro atoms. The van der Waals surface area contributed by atoms with Crippen molar-refractivity contribution in [2.45, 2.75) is 24.3 Å². The minimum atomic E-state index is -0.736. The molecule has 0 aliphatic heterocycles. The number of nitrogens with zero attached hydrogens (tertiary/aromatic N) is 2. The topological polar surface area (TPSA) is 55.1 Å². The van der Waals surface area contributed by atoms with Crippen molar-refractivity contribution in [1.82, 2.24) is 9.55 Å². The van der Waals surface area contributed by atoms with Crippen LogP contribution in [0.15, 0.2) is 12.5 Å². The summed E-state index contributed by atoms with van der Waals surface area (Å²) >= 11 is 1.44. The van der Waals surface area contributed by atoms with Crippen molar-refractivity contribution in [2.75, 3.05) is 0 Å². The van der Waals surface area contributed by atoms with Crippen molar-refractivity contribution < 1.29 is 9.90 Å². The van der Waals surface area contributed by atoms with Crippen LogP contribution in [-0.4, -0.2) is 25.9 Å². The summed E-state index contributed by atoms with van der Waals surface area (Å²) < 4.78 is 1.90. The number of carboxylic acids is 1. The standard InChI is InChI=1S/C9H14N2O2S/c1-3-8(9(12)13)14-5-7-4-10-6-11(7)2/h4,6,8H,3,5H2,1-2H3,(H,12,13). The summed E-state index contributed by atoms with van der Waals surface area (Å²) in [5, 5.41) is 8.51. The predicted molar refractivity (Wildman–Crippen MR) is 56.2 cm³/mol. The number of imidazole rings is 1. The molecule has 1 atom stereocenters. The normalized spacial score (nSPS) is 12.7. The fourth-order valence-corrected chi connectivity index (χ4v) is 2.10. The Kier molecular flexibility index (Phi) is 4.00. The van der Waals surface area contributed by atoms with Crippen LogP contribution < -0.4 is 0 Å². The molecular weight excluding hydrogens is 200 g/mol. The van der Waals surface area contributed by atoms with E-state index in [0.29, 0.717) is 12.2 Å². The van der Waals surface area contributed by atoms with Gasteiger partial charge in [0.2, 0.25) is 0 Å². The van der Waals surface area contributed by atoms with Gasteiger partial charge in [-0.2, -0.15) is 0 Å². The Balaban J connectivity index is 2.47. The van der Waals surface area contributed by atoms with Gasteiger partial charge in [0.25, 0.3) is 0 Å². The molecule has 1 rings (SSSR count). The first-order valence-corrected chi connectivity index (χ1v) is 5.49. The van der Waals surface area contributed by atoms with Crippen molar-refractivity contribution in [1.29, 1.82) is 0 Å². The van der Waals surface area contributed by atoms with Gasteiger partial charge in [-0.1, -0.05) is 6.92 Å². The van der Waals surface area contributed by atoms with Crippen molar-refractivity contribution in [2.24, 2.45) is 7.05 Å². The summed E-state index contributed by atoms with van der Waals surface area (Å²) in [5.74, 6) is -0.0407. The third-order valence-electron chi connectivity index (χ3n) is 2.00. The van der Waals surface area contributed by atoms with E-state index < -0.39 is 5.97 Å². The van der Waals surface area contributed by atoms with Gasteiger partial charge in [0.15, 0.2) is 0 Å². The minimum absolute atomic E-state index is 0.315. The van der Waals surface area contributed by atoms with Gasteiger partial charge >= 0.3 is 5.97 Å². The SMILES string of the molecule is CCC(SCc1cncn1C)C(=O)O. The van der Waals surface area contributed by atoms with Crippen LogP contribution in [0.1, 0.15) is 19.0 Å². The van der Waals surface area contributed by atoms with Gasteiger partial charge in [-0.25, -0.2) is 4.98 Å². The fraction of sp³-hybridized carbons (Fsp3) is 0.556. The molecule has 0 aliphatic rings. The molecule has 0 amide bonds. The second kappa shape index (κ2) is 5.05. The molecule has 1 aromatic heterocycles. The van der Waals surface area contributed by atoms with E-state index in [0.717, 1.165) is 5.69 Å². The molecule has 14 heavy (non-hydrogen) atoms. The van der Waals surface area contributed by atoms with Crippen molar-refractivity contribution >= 4 is 17.7 Å². The van der Waals surface area contributed by atoms with Crippen molar-refractivity contribution in [3.05, 3.63) is 18.2 Å². The molecule has 0 radical (unpaired) electrons. The first-order chi connectivity index (χ1) is 6.65. The second-order valence-corrected chi connectivity index (χ2v) is 4.23. The van der Waals surface area contributed by atoms with Gasteiger partial charge in [0.1, 0.15) is 5.25 Å². The zero-order valence-electron chi connectivity index (χ0n) is 8.30. The summed E-state index contributed by atoms with van der Waals surface area (Å²) in [6, 6.07) is 0. The highest BCUT2D eigenvalue weighted by Gasteiger charge is 2.15. The quantitative estimate of drug-likeness (QED) is 0.807. The van der Waals surface area contributed by atoms with Crippen LogP contribution >= 0.6 is 11.8 Å². The van der Waals surface area contributed by atoms with E-state index in [1.165, 1.54) is 11.8 Å². The van der Waals surface area contributed by atoms with Crippen LogP contribution in [0, 0.1) is 0 Å². The van der Waals surface area contributed by atoms with Crippen LogP contribution in [0.4, 0.5) is 0 Å². The molecule has 0 saturated heterocycles. The maximum atomic E-state index is 10.7. The van der Waals surface area contributed by atoms with Crippen molar-refractivity contribution in [3.8, 4) is 0 Å². The summed E-state index contributed by atoms with van der Waals surface area (Å²) in [7, 11) is 1.91. The molecule has 78 valence electrons. The lowest BCUT2D eigenvalue weighted by molar-refractivity contribution is -0.136. The summed E-state index contributed by atoms with van der Waals surface area (Å²) in [6.45, 7) is 1.88.